The van der Waals surface area contributed by atoms with E-state index < -0.39 is 0 Å². The second-order valence-electron chi connectivity index (χ2n) is 7.33. The van der Waals surface area contributed by atoms with Gasteiger partial charge in [0.15, 0.2) is 0 Å². The lowest BCUT2D eigenvalue weighted by Gasteiger charge is -2.25. The van der Waals surface area contributed by atoms with Crippen LogP contribution >= 0.6 is 11.3 Å². The second-order valence-corrected chi connectivity index (χ2v) is 8.34. The van der Waals surface area contributed by atoms with Gasteiger partial charge in [0.2, 0.25) is 11.0 Å². The molecule has 1 aliphatic heterocycles. The number of nitrogens with zero attached hydrogens (tertiary/aromatic N) is 3. The SMILES string of the molecule is CC(C)Oc1ccccc1[C@@H]1CC(=O)Nc2c1cnn2-c1nc2ccccc2s1. The lowest BCUT2D eigenvalue weighted by molar-refractivity contribution is -0.116. The van der Waals surface area contributed by atoms with Gasteiger partial charge >= 0.3 is 0 Å². The number of carbonyl (C=O) groups excluding carboxylic acids is 1. The van der Waals surface area contributed by atoms with Crippen LogP contribution in [0.4, 0.5) is 5.82 Å². The van der Waals surface area contributed by atoms with Crippen LogP contribution in [0, 0.1) is 0 Å². The Morgan fingerprint density at radius 1 is 1.14 bits per heavy atom. The summed E-state index contributed by atoms with van der Waals surface area (Å²) in [6, 6.07) is 15.9. The lowest BCUT2D eigenvalue weighted by Crippen LogP contribution is -2.25. The van der Waals surface area contributed by atoms with Gasteiger partial charge in [-0.15, -0.1) is 0 Å². The van der Waals surface area contributed by atoms with Crippen LogP contribution in [0.1, 0.15) is 37.3 Å². The van der Waals surface area contributed by atoms with E-state index in [0.29, 0.717) is 12.2 Å². The van der Waals surface area contributed by atoms with Crippen LogP contribution in [0.15, 0.2) is 54.7 Å². The lowest BCUT2D eigenvalue weighted by atomic mass is 9.87. The fraction of sp³-hybridized carbons (Fsp3) is 0.227. The van der Waals surface area contributed by atoms with E-state index in [1.807, 2.05) is 68.6 Å². The quantitative estimate of drug-likeness (QED) is 0.533. The van der Waals surface area contributed by atoms with Crippen molar-refractivity contribution < 1.29 is 9.53 Å². The number of fused-ring (bicyclic) bond motifs is 2. The average Bonchev–Trinajstić information content (AvgIpc) is 3.31. The molecule has 1 amide bonds. The molecule has 2 aromatic heterocycles. The van der Waals surface area contributed by atoms with Crippen LogP contribution in [-0.2, 0) is 4.79 Å². The minimum absolute atomic E-state index is 0.0373. The number of benzene rings is 2. The largest absolute Gasteiger partial charge is 0.491 e. The van der Waals surface area contributed by atoms with Crippen molar-refractivity contribution in [2.24, 2.45) is 0 Å². The van der Waals surface area contributed by atoms with Crippen LogP contribution < -0.4 is 10.1 Å². The summed E-state index contributed by atoms with van der Waals surface area (Å²) in [5, 5.41) is 8.31. The van der Waals surface area contributed by atoms with Crippen LogP contribution in [0.5, 0.6) is 5.75 Å². The normalized spacial score (nSPS) is 16.1. The summed E-state index contributed by atoms with van der Waals surface area (Å²) in [7, 11) is 0. The molecule has 0 bridgehead atoms. The maximum absolute atomic E-state index is 12.6. The van der Waals surface area contributed by atoms with Gasteiger partial charge in [0.25, 0.3) is 0 Å². The van der Waals surface area contributed by atoms with Gasteiger partial charge in [-0.3, -0.25) is 4.79 Å². The highest BCUT2D eigenvalue weighted by Crippen LogP contribution is 2.42. The van der Waals surface area contributed by atoms with E-state index in [2.05, 4.69) is 15.4 Å². The molecular formula is C22H20N4O2S. The van der Waals surface area contributed by atoms with Crippen molar-refractivity contribution in [3.63, 3.8) is 0 Å². The summed E-state index contributed by atoms with van der Waals surface area (Å²) in [5.41, 5.74) is 2.90. The van der Waals surface area contributed by atoms with Gasteiger partial charge in [0.1, 0.15) is 11.6 Å². The third-order valence-electron chi connectivity index (χ3n) is 4.94. The molecule has 2 aromatic carbocycles. The Labute approximate surface area is 172 Å². The fourth-order valence-corrected chi connectivity index (χ4v) is 4.65. The summed E-state index contributed by atoms with van der Waals surface area (Å²) >= 11 is 1.55. The number of anilines is 1. The number of thiazole rings is 1. The smallest absolute Gasteiger partial charge is 0.226 e. The highest BCUT2D eigenvalue weighted by atomic mass is 32.1. The molecule has 0 radical (unpaired) electrons. The van der Waals surface area contributed by atoms with Crippen molar-refractivity contribution in [2.45, 2.75) is 32.3 Å². The van der Waals surface area contributed by atoms with Crippen molar-refractivity contribution in [2.75, 3.05) is 5.32 Å². The highest BCUT2D eigenvalue weighted by Gasteiger charge is 2.32. The van der Waals surface area contributed by atoms with Gasteiger partial charge in [-0.05, 0) is 32.0 Å². The zero-order valence-corrected chi connectivity index (χ0v) is 16.9. The fourth-order valence-electron chi connectivity index (χ4n) is 3.72. The van der Waals surface area contributed by atoms with Gasteiger partial charge in [0, 0.05) is 23.5 Å². The maximum Gasteiger partial charge on any atom is 0.226 e. The number of ether oxygens (including phenoxy) is 1. The third kappa shape index (κ3) is 3.17. The Bertz CT molecular complexity index is 1180. The second kappa shape index (κ2) is 7.00. The number of nitrogens with one attached hydrogen (secondary N) is 1. The van der Waals surface area contributed by atoms with E-state index in [-0.39, 0.29) is 17.9 Å². The van der Waals surface area contributed by atoms with E-state index in [1.54, 1.807) is 16.0 Å². The van der Waals surface area contributed by atoms with E-state index >= 15 is 0 Å². The number of carbonyl (C=O) groups is 1. The zero-order valence-electron chi connectivity index (χ0n) is 16.1. The molecule has 0 aliphatic carbocycles. The molecule has 0 fully saturated rings. The summed E-state index contributed by atoms with van der Waals surface area (Å²) < 4.78 is 8.83. The highest BCUT2D eigenvalue weighted by molar-refractivity contribution is 7.20. The van der Waals surface area contributed by atoms with Crippen molar-refractivity contribution in [1.29, 1.82) is 0 Å². The maximum atomic E-state index is 12.6. The molecule has 5 rings (SSSR count). The topological polar surface area (TPSA) is 69.0 Å². The molecule has 7 heteroatoms. The number of hydrogen-bond acceptors (Lipinski definition) is 5. The minimum Gasteiger partial charge on any atom is -0.491 e. The molecule has 29 heavy (non-hydrogen) atoms. The molecule has 0 saturated heterocycles. The van der Waals surface area contributed by atoms with E-state index in [4.69, 9.17) is 4.74 Å². The molecule has 146 valence electrons. The summed E-state index contributed by atoms with van der Waals surface area (Å²) in [6.07, 6.45) is 2.24. The molecule has 0 spiro atoms. The predicted molar refractivity (Wildman–Crippen MR) is 114 cm³/mol. The molecule has 0 unspecified atom stereocenters. The Hall–Kier alpha value is -3.19. The Kier molecular flexibility index (Phi) is 4.32. The van der Waals surface area contributed by atoms with E-state index in [9.17, 15) is 4.79 Å². The predicted octanol–water partition coefficient (Wildman–Crippen LogP) is 4.74. The number of hydrogen-bond donors (Lipinski definition) is 1. The van der Waals surface area contributed by atoms with Crippen molar-refractivity contribution in [3.05, 3.63) is 65.9 Å². The van der Waals surface area contributed by atoms with Crippen LogP contribution in [-0.4, -0.2) is 26.8 Å². The first-order chi connectivity index (χ1) is 14.1. The first-order valence-electron chi connectivity index (χ1n) is 9.59. The summed E-state index contributed by atoms with van der Waals surface area (Å²) in [4.78, 5) is 17.3. The van der Waals surface area contributed by atoms with Gasteiger partial charge in [-0.25, -0.2) is 4.98 Å². The molecule has 1 atom stereocenters. The number of aromatic nitrogens is 3. The molecule has 6 nitrogen and oxygen atoms in total. The molecule has 1 aliphatic rings. The molecule has 0 saturated carbocycles. The first-order valence-corrected chi connectivity index (χ1v) is 10.4. The van der Waals surface area contributed by atoms with Crippen LogP contribution in [0.2, 0.25) is 0 Å². The molecular weight excluding hydrogens is 384 g/mol. The molecule has 1 N–H and O–H groups in total. The first kappa shape index (κ1) is 17.9. The van der Waals surface area contributed by atoms with Gasteiger partial charge in [0.05, 0.1) is 22.5 Å². The third-order valence-corrected chi connectivity index (χ3v) is 5.95. The van der Waals surface area contributed by atoms with Crippen LogP contribution in [0.25, 0.3) is 15.3 Å². The van der Waals surface area contributed by atoms with Crippen molar-refractivity contribution >= 4 is 33.3 Å². The van der Waals surface area contributed by atoms with Gasteiger partial charge in [-0.2, -0.15) is 9.78 Å². The zero-order chi connectivity index (χ0) is 20.0. The number of amides is 1. The Morgan fingerprint density at radius 3 is 2.76 bits per heavy atom. The molecule has 4 aromatic rings. The molecule has 3 heterocycles. The number of para-hydroxylation sites is 2. The summed E-state index contributed by atoms with van der Waals surface area (Å²) in [6.45, 7) is 4.00. The van der Waals surface area contributed by atoms with Gasteiger partial charge < -0.3 is 10.1 Å². The average molecular weight is 404 g/mol. The minimum atomic E-state index is -0.114. The number of rotatable bonds is 4. The Morgan fingerprint density at radius 2 is 1.93 bits per heavy atom. The summed E-state index contributed by atoms with van der Waals surface area (Å²) in [5.74, 6) is 1.34. The Balaban J connectivity index is 1.61. The standard InChI is InChI=1S/C22H20N4O2S/c1-13(2)28-18-9-5-3-7-14(18)15-11-20(27)25-21-16(15)12-23-26(21)22-24-17-8-4-6-10-19(17)29-22/h3-10,12-13,15H,11H2,1-2H3,(H,25,27)/t15-/m0/s1. The van der Waals surface area contributed by atoms with Crippen molar-refractivity contribution in [3.8, 4) is 10.9 Å². The van der Waals surface area contributed by atoms with Crippen molar-refractivity contribution in [1.82, 2.24) is 14.8 Å². The van der Waals surface area contributed by atoms with E-state index in [1.165, 1.54) is 0 Å². The monoisotopic (exact) mass is 404 g/mol. The van der Waals surface area contributed by atoms with Crippen LogP contribution in [0.3, 0.4) is 0 Å². The van der Waals surface area contributed by atoms with Gasteiger partial charge in [-0.1, -0.05) is 41.7 Å². The van der Waals surface area contributed by atoms with E-state index in [0.717, 1.165) is 32.2 Å².